The molecule has 0 atom stereocenters. The van der Waals surface area contributed by atoms with Crippen LogP contribution in [0.5, 0.6) is 5.75 Å². The number of fused-ring (bicyclic) bond motifs is 1. The van der Waals surface area contributed by atoms with Crippen LogP contribution in [0.2, 0.25) is 0 Å². The van der Waals surface area contributed by atoms with Crippen molar-refractivity contribution in [3.8, 4) is 5.75 Å². The Morgan fingerprint density at radius 1 is 1.25 bits per heavy atom. The normalized spacial score (nSPS) is 10.8. The molecule has 0 aromatic heterocycles. The topological polar surface area (TPSA) is 35.2 Å². The lowest BCUT2D eigenvalue weighted by atomic mass is 10.1. The highest BCUT2D eigenvalue weighted by atomic mass is 79.9. The summed E-state index contributed by atoms with van der Waals surface area (Å²) < 4.78 is 32.2. The summed E-state index contributed by atoms with van der Waals surface area (Å²) in [5, 5.41) is 0.957. The Hall–Kier alpha value is -1.36. The van der Waals surface area contributed by atoms with Crippen molar-refractivity contribution < 1.29 is 13.5 Å². The number of ether oxygens (including phenoxy) is 1. The lowest BCUT2D eigenvalue weighted by Gasteiger charge is -2.10. The minimum Gasteiger partial charge on any atom is -0.493 e. The van der Waals surface area contributed by atoms with Gasteiger partial charge in [-0.2, -0.15) is 4.39 Å². The van der Waals surface area contributed by atoms with Crippen LogP contribution in [0.25, 0.3) is 10.8 Å². The third kappa shape index (κ3) is 1.61. The Morgan fingerprint density at radius 3 is 2.56 bits per heavy atom. The molecule has 0 bridgehead atoms. The lowest BCUT2D eigenvalue weighted by Crippen LogP contribution is -1.95. The second kappa shape index (κ2) is 3.90. The van der Waals surface area contributed by atoms with E-state index < -0.39 is 11.6 Å². The van der Waals surface area contributed by atoms with Crippen LogP contribution in [-0.2, 0) is 0 Å². The van der Waals surface area contributed by atoms with Crippen LogP contribution in [-0.4, -0.2) is 7.11 Å². The van der Waals surface area contributed by atoms with Gasteiger partial charge in [0.05, 0.1) is 7.11 Å². The van der Waals surface area contributed by atoms with Gasteiger partial charge in [-0.3, -0.25) is 0 Å². The fourth-order valence-electron chi connectivity index (χ4n) is 1.61. The van der Waals surface area contributed by atoms with Crippen molar-refractivity contribution in [2.75, 3.05) is 12.8 Å². The average molecular weight is 288 g/mol. The van der Waals surface area contributed by atoms with Crippen LogP contribution in [0.3, 0.4) is 0 Å². The molecule has 0 aliphatic carbocycles. The van der Waals surface area contributed by atoms with E-state index in [2.05, 4.69) is 15.9 Å². The van der Waals surface area contributed by atoms with E-state index in [9.17, 15) is 8.78 Å². The molecule has 0 radical (unpaired) electrons. The highest BCUT2D eigenvalue weighted by molar-refractivity contribution is 9.10. The predicted molar refractivity (Wildman–Crippen MR) is 62.5 cm³/mol. The first-order chi connectivity index (χ1) is 7.54. The van der Waals surface area contributed by atoms with Crippen molar-refractivity contribution >= 4 is 32.4 Å². The molecule has 0 unspecified atom stereocenters. The van der Waals surface area contributed by atoms with Gasteiger partial charge in [-0.05, 0) is 39.5 Å². The van der Waals surface area contributed by atoms with Crippen LogP contribution >= 0.6 is 15.9 Å². The minimum absolute atomic E-state index is 0.123. The summed E-state index contributed by atoms with van der Waals surface area (Å²) in [6.45, 7) is 0. The van der Waals surface area contributed by atoms with Crippen molar-refractivity contribution in [1.82, 2.24) is 0 Å². The van der Waals surface area contributed by atoms with Crippen molar-refractivity contribution in [3.05, 3.63) is 34.3 Å². The Morgan fingerprint density at radius 2 is 1.94 bits per heavy atom. The van der Waals surface area contributed by atoms with Gasteiger partial charge in [0.25, 0.3) is 0 Å². The van der Waals surface area contributed by atoms with Crippen molar-refractivity contribution in [2.24, 2.45) is 0 Å². The van der Waals surface area contributed by atoms with Gasteiger partial charge in [0, 0.05) is 15.5 Å². The number of rotatable bonds is 1. The van der Waals surface area contributed by atoms with Crippen molar-refractivity contribution in [1.29, 1.82) is 0 Å². The molecule has 84 valence electrons. The Labute approximate surface area is 99.1 Å². The van der Waals surface area contributed by atoms with E-state index in [1.54, 1.807) is 12.1 Å². The number of nitrogens with two attached hydrogens (primary N) is 1. The Kier molecular flexibility index (Phi) is 2.71. The van der Waals surface area contributed by atoms with Crippen LogP contribution in [0.4, 0.5) is 14.5 Å². The Balaban J connectivity index is 2.96. The van der Waals surface area contributed by atoms with Gasteiger partial charge < -0.3 is 10.5 Å². The molecule has 0 saturated heterocycles. The monoisotopic (exact) mass is 287 g/mol. The van der Waals surface area contributed by atoms with E-state index in [1.165, 1.54) is 7.11 Å². The molecule has 2 rings (SSSR count). The largest absolute Gasteiger partial charge is 0.493 e. The smallest absolute Gasteiger partial charge is 0.201 e. The van der Waals surface area contributed by atoms with Crippen LogP contribution in [0.15, 0.2) is 22.7 Å². The number of nitrogen functional groups attached to an aromatic ring is 1. The zero-order valence-corrected chi connectivity index (χ0v) is 9.94. The second-order valence-corrected chi connectivity index (χ2v) is 4.16. The molecule has 0 saturated carbocycles. The molecule has 2 nitrogen and oxygen atoms in total. The summed E-state index contributed by atoms with van der Waals surface area (Å²) >= 11 is 3.25. The van der Waals surface area contributed by atoms with E-state index in [4.69, 9.17) is 10.5 Å². The number of methoxy groups -OCH3 is 1. The SMILES string of the molecule is COc1c(F)c(F)cc2cc(N)cc(Br)c12. The van der Waals surface area contributed by atoms with Gasteiger partial charge in [-0.15, -0.1) is 0 Å². The Bertz CT molecular complexity index is 572. The summed E-state index contributed by atoms with van der Waals surface area (Å²) in [6.07, 6.45) is 0. The minimum atomic E-state index is -1.000. The van der Waals surface area contributed by atoms with Crippen LogP contribution in [0, 0.1) is 11.6 Å². The lowest BCUT2D eigenvalue weighted by molar-refractivity contribution is 0.377. The third-order valence-corrected chi connectivity index (χ3v) is 2.89. The summed E-state index contributed by atoms with van der Waals surface area (Å²) in [5.41, 5.74) is 6.08. The fourth-order valence-corrected chi connectivity index (χ4v) is 2.29. The number of benzene rings is 2. The van der Waals surface area contributed by atoms with Gasteiger partial charge in [0.2, 0.25) is 5.82 Å². The van der Waals surface area contributed by atoms with Gasteiger partial charge in [-0.1, -0.05) is 0 Å². The van der Waals surface area contributed by atoms with Gasteiger partial charge >= 0.3 is 0 Å². The molecule has 2 aromatic rings. The highest BCUT2D eigenvalue weighted by Crippen LogP contribution is 2.37. The first-order valence-electron chi connectivity index (χ1n) is 4.45. The molecule has 16 heavy (non-hydrogen) atoms. The first-order valence-corrected chi connectivity index (χ1v) is 5.24. The van der Waals surface area contributed by atoms with Crippen LogP contribution in [0.1, 0.15) is 0 Å². The first kappa shape index (κ1) is 11.1. The zero-order chi connectivity index (χ0) is 11.9. The number of hydrogen-bond donors (Lipinski definition) is 1. The molecular formula is C11H8BrF2NO. The number of hydrogen-bond acceptors (Lipinski definition) is 2. The van der Waals surface area contributed by atoms with E-state index in [0.717, 1.165) is 6.07 Å². The quantitative estimate of drug-likeness (QED) is 0.815. The standard InChI is InChI=1S/C11H8BrF2NO/c1-16-11-9-5(3-8(13)10(11)14)2-6(15)4-7(9)12/h2-4H,15H2,1H3. The summed E-state index contributed by atoms with van der Waals surface area (Å²) in [7, 11) is 1.29. The average Bonchev–Trinajstić information content (AvgIpc) is 2.20. The van der Waals surface area contributed by atoms with Crippen LogP contribution < -0.4 is 10.5 Å². The predicted octanol–water partition coefficient (Wildman–Crippen LogP) is 3.47. The number of halogens is 3. The second-order valence-electron chi connectivity index (χ2n) is 3.31. The molecule has 2 N–H and O–H groups in total. The van der Waals surface area contributed by atoms with Gasteiger partial charge in [0.1, 0.15) is 0 Å². The highest BCUT2D eigenvalue weighted by Gasteiger charge is 2.16. The van der Waals surface area contributed by atoms with E-state index in [-0.39, 0.29) is 5.75 Å². The summed E-state index contributed by atoms with van der Waals surface area (Å²) in [5.74, 6) is -2.08. The molecule has 0 aliphatic rings. The molecular weight excluding hydrogens is 280 g/mol. The van der Waals surface area contributed by atoms with Gasteiger partial charge in [-0.25, -0.2) is 4.39 Å². The number of anilines is 1. The maximum atomic E-state index is 13.5. The van der Waals surface area contributed by atoms with Crippen molar-refractivity contribution in [2.45, 2.75) is 0 Å². The summed E-state index contributed by atoms with van der Waals surface area (Å²) in [4.78, 5) is 0. The molecule has 2 aromatic carbocycles. The maximum Gasteiger partial charge on any atom is 0.201 e. The van der Waals surface area contributed by atoms with E-state index in [0.29, 0.717) is 20.9 Å². The molecule has 0 amide bonds. The fraction of sp³-hybridized carbons (Fsp3) is 0.0909. The third-order valence-electron chi connectivity index (χ3n) is 2.27. The van der Waals surface area contributed by atoms with E-state index in [1.807, 2.05) is 0 Å². The molecule has 5 heteroatoms. The molecule has 0 spiro atoms. The van der Waals surface area contributed by atoms with E-state index >= 15 is 0 Å². The van der Waals surface area contributed by atoms with Gasteiger partial charge in [0.15, 0.2) is 11.6 Å². The van der Waals surface area contributed by atoms with Crippen molar-refractivity contribution in [3.63, 3.8) is 0 Å². The molecule has 0 heterocycles. The zero-order valence-electron chi connectivity index (χ0n) is 8.35. The molecule has 0 fully saturated rings. The maximum absolute atomic E-state index is 13.5. The molecule has 0 aliphatic heterocycles. The summed E-state index contributed by atoms with van der Waals surface area (Å²) in [6, 6.07) is 4.27.